The van der Waals surface area contributed by atoms with Gasteiger partial charge in [-0.1, -0.05) is 12.8 Å². The lowest BCUT2D eigenvalue weighted by Crippen LogP contribution is -2.39. The number of hydrogen-bond acceptors (Lipinski definition) is 3. The van der Waals surface area contributed by atoms with Crippen molar-refractivity contribution >= 4 is 11.8 Å². The topological polar surface area (TPSA) is 24.1 Å². The van der Waals surface area contributed by atoms with E-state index in [0.717, 1.165) is 12.0 Å². The van der Waals surface area contributed by atoms with Crippen molar-refractivity contribution in [3.8, 4) is 0 Å². The summed E-state index contributed by atoms with van der Waals surface area (Å²) in [7, 11) is 0. The molecule has 0 amide bonds. The van der Waals surface area contributed by atoms with Crippen LogP contribution in [0, 0.1) is 5.92 Å². The van der Waals surface area contributed by atoms with Crippen LogP contribution in [0.15, 0.2) is 0 Å². The highest BCUT2D eigenvalue weighted by Gasteiger charge is 2.19. The van der Waals surface area contributed by atoms with Crippen LogP contribution >= 0.6 is 11.8 Å². The lowest BCUT2D eigenvalue weighted by atomic mass is 10.2. The molecule has 1 heterocycles. The minimum atomic E-state index is 0.764. The number of nitrogens with one attached hydrogen (secondary N) is 2. The average molecular weight is 228 g/mol. The summed E-state index contributed by atoms with van der Waals surface area (Å²) in [5.74, 6) is 3.71. The molecule has 1 atom stereocenters. The third-order valence-electron chi connectivity index (χ3n) is 3.33. The lowest BCUT2D eigenvalue weighted by molar-refractivity contribution is 0.496. The van der Waals surface area contributed by atoms with Gasteiger partial charge < -0.3 is 10.6 Å². The first kappa shape index (κ1) is 11.7. The fourth-order valence-electron chi connectivity index (χ4n) is 2.13. The monoisotopic (exact) mass is 228 g/mol. The normalized spacial score (nSPS) is 26.8. The molecule has 0 aromatic heterocycles. The highest BCUT2D eigenvalue weighted by Crippen LogP contribution is 2.33. The van der Waals surface area contributed by atoms with Crippen LogP contribution in [0.3, 0.4) is 0 Å². The van der Waals surface area contributed by atoms with E-state index in [1.165, 1.54) is 63.2 Å². The number of thioether (sulfide) groups is 1. The molecule has 0 aromatic carbocycles. The summed E-state index contributed by atoms with van der Waals surface area (Å²) in [4.78, 5) is 0. The van der Waals surface area contributed by atoms with Crippen LogP contribution in [-0.4, -0.2) is 37.2 Å². The predicted octanol–water partition coefficient (Wildman–Crippen LogP) is 1.86. The molecule has 2 N–H and O–H groups in total. The fourth-order valence-corrected chi connectivity index (χ4v) is 3.13. The molecule has 0 spiro atoms. The second-order valence-corrected chi connectivity index (χ2v) is 6.00. The molecular formula is C12H24N2S. The standard InChI is InChI=1S/C12H24N2S/c1(2-11-3-4-11)6-13-7-5-12-10-15-9-8-14-12/h11-14H,1-10H2. The SMILES string of the molecule is C(CNCCC1CSCCN1)CC1CC1. The summed E-state index contributed by atoms with van der Waals surface area (Å²) in [5.41, 5.74) is 0. The molecule has 1 saturated heterocycles. The third-order valence-corrected chi connectivity index (χ3v) is 4.46. The Morgan fingerprint density at radius 3 is 2.87 bits per heavy atom. The lowest BCUT2D eigenvalue weighted by Gasteiger charge is -2.23. The zero-order valence-electron chi connectivity index (χ0n) is 9.63. The van der Waals surface area contributed by atoms with Crippen molar-refractivity contribution in [1.82, 2.24) is 10.6 Å². The van der Waals surface area contributed by atoms with E-state index in [0.29, 0.717) is 0 Å². The second-order valence-electron chi connectivity index (χ2n) is 4.85. The summed E-state index contributed by atoms with van der Waals surface area (Å²) >= 11 is 2.09. The molecule has 0 radical (unpaired) electrons. The van der Waals surface area contributed by atoms with E-state index >= 15 is 0 Å². The van der Waals surface area contributed by atoms with Gasteiger partial charge >= 0.3 is 0 Å². The van der Waals surface area contributed by atoms with Gasteiger partial charge in [0.1, 0.15) is 0 Å². The molecule has 1 aliphatic carbocycles. The minimum Gasteiger partial charge on any atom is -0.317 e. The van der Waals surface area contributed by atoms with E-state index in [-0.39, 0.29) is 0 Å². The maximum Gasteiger partial charge on any atom is 0.0170 e. The van der Waals surface area contributed by atoms with Gasteiger partial charge in [0.25, 0.3) is 0 Å². The van der Waals surface area contributed by atoms with E-state index in [9.17, 15) is 0 Å². The van der Waals surface area contributed by atoms with E-state index < -0.39 is 0 Å². The molecule has 0 aromatic rings. The van der Waals surface area contributed by atoms with Crippen LogP contribution < -0.4 is 10.6 Å². The summed E-state index contributed by atoms with van der Waals surface area (Å²) in [5, 5.41) is 7.14. The zero-order chi connectivity index (χ0) is 10.3. The van der Waals surface area contributed by atoms with Crippen LogP contribution in [0.5, 0.6) is 0 Å². The highest BCUT2D eigenvalue weighted by molar-refractivity contribution is 7.99. The van der Waals surface area contributed by atoms with Gasteiger partial charge in [0.2, 0.25) is 0 Å². The van der Waals surface area contributed by atoms with E-state index in [1.807, 2.05) is 0 Å². The predicted molar refractivity (Wildman–Crippen MR) is 68.6 cm³/mol. The molecule has 1 aliphatic heterocycles. The van der Waals surface area contributed by atoms with Crippen molar-refractivity contribution in [2.24, 2.45) is 5.92 Å². The minimum absolute atomic E-state index is 0.764. The van der Waals surface area contributed by atoms with Crippen LogP contribution in [0.1, 0.15) is 32.1 Å². The van der Waals surface area contributed by atoms with Gasteiger partial charge in [0.05, 0.1) is 0 Å². The molecule has 88 valence electrons. The van der Waals surface area contributed by atoms with Crippen LogP contribution in [0.25, 0.3) is 0 Å². The fraction of sp³-hybridized carbons (Fsp3) is 1.00. The number of hydrogen-bond donors (Lipinski definition) is 2. The summed E-state index contributed by atoms with van der Waals surface area (Å²) in [6, 6.07) is 0.764. The maximum absolute atomic E-state index is 3.58. The highest BCUT2D eigenvalue weighted by atomic mass is 32.2. The van der Waals surface area contributed by atoms with Crippen molar-refractivity contribution in [1.29, 1.82) is 0 Å². The molecule has 2 nitrogen and oxygen atoms in total. The van der Waals surface area contributed by atoms with Crippen molar-refractivity contribution < 1.29 is 0 Å². The Bertz CT molecular complexity index is 165. The molecular weight excluding hydrogens is 204 g/mol. The Morgan fingerprint density at radius 1 is 1.20 bits per heavy atom. The van der Waals surface area contributed by atoms with Gasteiger partial charge in [-0.2, -0.15) is 11.8 Å². The molecule has 1 saturated carbocycles. The number of rotatable bonds is 7. The third kappa shape index (κ3) is 5.23. The van der Waals surface area contributed by atoms with Gasteiger partial charge in [0, 0.05) is 24.1 Å². The molecule has 2 aliphatic rings. The molecule has 2 fully saturated rings. The van der Waals surface area contributed by atoms with E-state index in [1.54, 1.807) is 0 Å². The van der Waals surface area contributed by atoms with Crippen LogP contribution in [-0.2, 0) is 0 Å². The van der Waals surface area contributed by atoms with E-state index in [4.69, 9.17) is 0 Å². The first-order chi connectivity index (χ1) is 7.45. The Balaban J connectivity index is 1.37. The maximum atomic E-state index is 3.58. The van der Waals surface area contributed by atoms with Gasteiger partial charge in [-0.25, -0.2) is 0 Å². The van der Waals surface area contributed by atoms with Gasteiger partial charge in [-0.05, 0) is 38.3 Å². The van der Waals surface area contributed by atoms with Crippen LogP contribution in [0.2, 0.25) is 0 Å². The molecule has 2 rings (SSSR count). The second kappa shape index (κ2) is 6.77. The first-order valence-corrected chi connectivity index (χ1v) is 7.62. The van der Waals surface area contributed by atoms with Crippen molar-refractivity contribution in [2.75, 3.05) is 31.1 Å². The largest absolute Gasteiger partial charge is 0.317 e. The summed E-state index contributed by atoms with van der Waals surface area (Å²) in [6.45, 7) is 3.64. The smallest absolute Gasteiger partial charge is 0.0170 e. The van der Waals surface area contributed by atoms with Gasteiger partial charge in [0.15, 0.2) is 0 Å². The quantitative estimate of drug-likeness (QED) is 0.651. The Kier molecular flexibility index (Phi) is 5.30. The van der Waals surface area contributed by atoms with E-state index in [2.05, 4.69) is 22.4 Å². The molecule has 0 bridgehead atoms. The zero-order valence-corrected chi connectivity index (χ0v) is 10.5. The summed E-state index contributed by atoms with van der Waals surface area (Å²) in [6.07, 6.45) is 7.16. The molecule has 15 heavy (non-hydrogen) atoms. The summed E-state index contributed by atoms with van der Waals surface area (Å²) < 4.78 is 0. The van der Waals surface area contributed by atoms with Crippen LogP contribution in [0.4, 0.5) is 0 Å². The average Bonchev–Trinajstić information content (AvgIpc) is 3.09. The van der Waals surface area contributed by atoms with Gasteiger partial charge in [-0.3, -0.25) is 0 Å². The Labute approximate surface area is 98.0 Å². The van der Waals surface area contributed by atoms with Crippen molar-refractivity contribution in [3.63, 3.8) is 0 Å². The molecule has 1 unspecified atom stereocenters. The van der Waals surface area contributed by atoms with Crippen molar-refractivity contribution in [2.45, 2.75) is 38.1 Å². The Hall–Kier alpha value is 0.270. The van der Waals surface area contributed by atoms with Gasteiger partial charge in [-0.15, -0.1) is 0 Å². The first-order valence-electron chi connectivity index (χ1n) is 6.47. The Morgan fingerprint density at radius 2 is 2.13 bits per heavy atom. The molecule has 3 heteroatoms. The van der Waals surface area contributed by atoms with Crippen molar-refractivity contribution in [3.05, 3.63) is 0 Å².